The fraction of sp³-hybridized carbons (Fsp3) is 0.133. The van der Waals surface area contributed by atoms with Gasteiger partial charge in [-0.05, 0) is 17.7 Å². The number of benzene rings is 2. The molecular weight excluding hydrogens is 361 g/mol. The number of alkyl halides is 1. The molecule has 0 fully saturated rings. The average molecular weight is 373 g/mol. The summed E-state index contributed by atoms with van der Waals surface area (Å²) in [4.78, 5) is 12.2. The highest BCUT2D eigenvalue weighted by molar-refractivity contribution is 9.09. The first-order valence-corrected chi connectivity index (χ1v) is 7.68. The van der Waals surface area contributed by atoms with Gasteiger partial charge in [0.1, 0.15) is 0 Å². The maximum Gasteiger partial charge on any atom is 0.254 e. The molecular formula is C15H12BrCl2NO. The van der Waals surface area contributed by atoms with E-state index in [9.17, 15) is 4.79 Å². The molecule has 1 atom stereocenters. The van der Waals surface area contributed by atoms with Gasteiger partial charge in [0.25, 0.3) is 5.91 Å². The lowest BCUT2D eigenvalue weighted by molar-refractivity contribution is 0.0954. The minimum Gasteiger partial charge on any atom is -0.350 e. The molecule has 0 aliphatic heterocycles. The van der Waals surface area contributed by atoms with Crippen molar-refractivity contribution in [2.24, 2.45) is 0 Å². The van der Waals surface area contributed by atoms with Gasteiger partial charge in [0.05, 0.1) is 20.4 Å². The molecule has 2 aromatic rings. The maximum atomic E-state index is 12.1. The quantitative estimate of drug-likeness (QED) is 0.763. The number of nitrogens with one attached hydrogen (secondary N) is 1. The SMILES string of the molecule is O=C(NCC(Br)c1ccccc1)c1c(Cl)cccc1Cl. The minimum atomic E-state index is -0.277. The molecule has 2 rings (SSSR count). The van der Waals surface area contributed by atoms with Crippen LogP contribution in [0, 0.1) is 0 Å². The summed E-state index contributed by atoms with van der Waals surface area (Å²) in [5.41, 5.74) is 1.40. The van der Waals surface area contributed by atoms with Crippen LogP contribution < -0.4 is 5.32 Å². The zero-order valence-corrected chi connectivity index (χ0v) is 13.5. The molecule has 2 aromatic carbocycles. The predicted octanol–water partition coefficient (Wildman–Crippen LogP) is 4.86. The molecule has 0 bridgehead atoms. The van der Waals surface area contributed by atoms with E-state index in [0.29, 0.717) is 22.2 Å². The maximum absolute atomic E-state index is 12.1. The van der Waals surface area contributed by atoms with Crippen LogP contribution >= 0.6 is 39.1 Å². The number of halogens is 3. The van der Waals surface area contributed by atoms with E-state index in [-0.39, 0.29) is 10.7 Å². The Morgan fingerprint density at radius 3 is 2.25 bits per heavy atom. The molecule has 1 unspecified atom stereocenters. The van der Waals surface area contributed by atoms with Crippen molar-refractivity contribution in [3.8, 4) is 0 Å². The Bertz CT molecular complexity index is 584. The zero-order valence-electron chi connectivity index (χ0n) is 10.4. The second-order valence-electron chi connectivity index (χ2n) is 4.18. The van der Waals surface area contributed by atoms with E-state index < -0.39 is 0 Å². The van der Waals surface area contributed by atoms with Crippen molar-refractivity contribution in [2.75, 3.05) is 6.54 Å². The summed E-state index contributed by atoms with van der Waals surface area (Å²) in [6.07, 6.45) is 0. The number of carbonyl (C=O) groups excluding carboxylic acids is 1. The van der Waals surface area contributed by atoms with E-state index in [1.807, 2.05) is 30.3 Å². The number of hydrogen-bond donors (Lipinski definition) is 1. The van der Waals surface area contributed by atoms with Gasteiger partial charge in [0.15, 0.2) is 0 Å². The van der Waals surface area contributed by atoms with Gasteiger partial charge in [0.2, 0.25) is 0 Å². The third-order valence-electron chi connectivity index (χ3n) is 2.79. The van der Waals surface area contributed by atoms with E-state index in [1.54, 1.807) is 18.2 Å². The van der Waals surface area contributed by atoms with Crippen LogP contribution in [0.1, 0.15) is 20.7 Å². The molecule has 2 nitrogen and oxygen atoms in total. The molecule has 0 radical (unpaired) electrons. The summed E-state index contributed by atoms with van der Waals surface area (Å²) in [5, 5.41) is 3.52. The van der Waals surface area contributed by atoms with Crippen LogP contribution in [-0.2, 0) is 0 Å². The van der Waals surface area contributed by atoms with Crippen molar-refractivity contribution in [3.63, 3.8) is 0 Å². The Hall–Kier alpha value is -1.03. The summed E-state index contributed by atoms with van der Waals surface area (Å²) in [5.74, 6) is -0.277. The van der Waals surface area contributed by atoms with Gasteiger partial charge in [0, 0.05) is 6.54 Å². The van der Waals surface area contributed by atoms with Crippen molar-refractivity contribution < 1.29 is 4.79 Å². The first-order chi connectivity index (χ1) is 9.59. The van der Waals surface area contributed by atoms with Gasteiger partial charge in [-0.1, -0.05) is 75.5 Å². The molecule has 0 saturated heterocycles. The average Bonchev–Trinajstić information content (AvgIpc) is 2.45. The van der Waals surface area contributed by atoms with E-state index in [0.717, 1.165) is 5.56 Å². The molecule has 5 heteroatoms. The molecule has 0 aromatic heterocycles. The van der Waals surface area contributed by atoms with E-state index >= 15 is 0 Å². The van der Waals surface area contributed by atoms with Crippen LogP contribution in [0.15, 0.2) is 48.5 Å². The Morgan fingerprint density at radius 2 is 1.65 bits per heavy atom. The van der Waals surface area contributed by atoms with Crippen LogP contribution in [-0.4, -0.2) is 12.5 Å². The third kappa shape index (κ3) is 3.75. The highest BCUT2D eigenvalue weighted by Crippen LogP contribution is 2.25. The lowest BCUT2D eigenvalue weighted by atomic mass is 10.1. The molecule has 104 valence electrons. The summed E-state index contributed by atoms with van der Waals surface area (Å²) < 4.78 is 0. The first-order valence-electron chi connectivity index (χ1n) is 6.01. The van der Waals surface area contributed by atoms with E-state index in [2.05, 4.69) is 21.2 Å². The summed E-state index contributed by atoms with van der Waals surface area (Å²) in [7, 11) is 0. The van der Waals surface area contributed by atoms with Gasteiger partial charge < -0.3 is 5.32 Å². The van der Waals surface area contributed by atoms with Crippen molar-refractivity contribution in [2.45, 2.75) is 4.83 Å². The van der Waals surface area contributed by atoms with Crippen LogP contribution in [0.4, 0.5) is 0 Å². The molecule has 0 aliphatic carbocycles. The Balaban J connectivity index is 2.03. The van der Waals surface area contributed by atoms with Crippen molar-refractivity contribution in [1.29, 1.82) is 0 Å². The highest BCUT2D eigenvalue weighted by atomic mass is 79.9. The molecule has 20 heavy (non-hydrogen) atoms. The van der Waals surface area contributed by atoms with E-state index in [1.165, 1.54) is 0 Å². The Kier molecular flexibility index (Phi) is 5.46. The minimum absolute atomic E-state index is 0.0360. The van der Waals surface area contributed by atoms with Crippen LogP contribution in [0.5, 0.6) is 0 Å². The Labute approximate surface area is 136 Å². The molecule has 0 aliphatic rings. The highest BCUT2D eigenvalue weighted by Gasteiger charge is 2.15. The normalized spacial score (nSPS) is 11.9. The van der Waals surface area contributed by atoms with Crippen molar-refractivity contribution >= 4 is 45.0 Å². The van der Waals surface area contributed by atoms with Crippen LogP contribution in [0.3, 0.4) is 0 Å². The topological polar surface area (TPSA) is 29.1 Å². The fourth-order valence-electron chi connectivity index (χ4n) is 1.77. The second-order valence-corrected chi connectivity index (χ2v) is 6.10. The summed E-state index contributed by atoms with van der Waals surface area (Å²) in [6, 6.07) is 14.8. The Morgan fingerprint density at radius 1 is 1.05 bits per heavy atom. The molecule has 0 spiro atoms. The summed E-state index contributed by atoms with van der Waals surface area (Å²) in [6.45, 7) is 0.449. The first kappa shape index (κ1) is 15.4. The molecule has 1 amide bonds. The standard InChI is InChI=1S/C15H12BrCl2NO/c16-11(10-5-2-1-3-6-10)9-19-15(20)14-12(17)7-4-8-13(14)18/h1-8,11H,9H2,(H,19,20). The predicted molar refractivity (Wildman–Crippen MR) is 86.9 cm³/mol. The van der Waals surface area contributed by atoms with Gasteiger partial charge >= 0.3 is 0 Å². The lowest BCUT2D eigenvalue weighted by Crippen LogP contribution is -2.27. The van der Waals surface area contributed by atoms with Gasteiger partial charge in [-0.3, -0.25) is 4.79 Å². The molecule has 0 heterocycles. The smallest absolute Gasteiger partial charge is 0.254 e. The monoisotopic (exact) mass is 371 g/mol. The van der Waals surface area contributed by atoms with Gasteiger partial charge in [-0.15, -0.1) is 0 Å². The molecule has 1 N–H and O–H groups in total. The number of amides is 1. The fourth-order valence-corrected chi connectivity index (χ4v) is 2.80. The second kappa shape index (κ2) is 7.11. The van der Waals surface area contributed by atoms with Crippen molar-refractivity contribution in [3.05, 3.63) is 69.7 Å². The third-order valence-corrected chi connectivity index (χ3v) is 4.28. The van der Waals surface area contributed by atoms with Gasteiger partial charge in [-0.2, -0.15) is 0 Å². The largest absolute Gasteiger partial charge is 0.350 e. The summed E-state index contributed by atoms with van der Waals surface area (Å²) >= 11 is 15.5. The number of carbonyl (C=O) groups is 1. The van der Waals surface area contributed by atoms with Crippen LogP contribution in [0.25, 0.3) is 0 Å². The van der Waals surface area contributed by atoms with Crippen LogP contribution in [0.2, 0.25) is 10.0 Å². The molecule has 0 saturated carbocycles. The lowest BCUT2D eigenvalue weighted by Gasteiger charge is -2.12. The number of rotatable bonds is 4. The van der Waals surface area contributed by atoms with Gasteiger partial charge in [-0.25, -0.2) is 0 Å². The zero-order chi connectivity index (χ0) is 14.5. The number of hydrogen-bond acceptors (Lipinski definition) is 1. The van der Waals surface area contributed by atoms with Crippen molar-refractivity contribution in [1.82, 2.24) is 5.32 Å². The van der Waals surface area contributed by atoms with E-state index in [4.69, 9.17) is 23.2 Å².